The lowest BCUT2D eigenvalue weighted by molar-refractivity contribution is -0.141. The molecule has 3 amide bonds. The summed E-state index contributed by atoms with van der Waals surface area (Å²) in [4.78, 5) is 72.3. The van der Waals surface area contributed by atoms with Crippen LogP contribution in [0.5, 0.6) is 0 Å². The first-order valence-electron chi connectivity index (χ1n) is 20.7. The number of hydrogen-bond acceptors (Lipinski definition) is 9. The average Bonchev–Trinajstić information content (AvgIpc) is 3.84. The molecule has 4 atom stereocenters. The number of carbonyl (C=O) groups excluding carboxylic acids is 4. The van der Waals surface area contributed by atoms with E-state index in [1.807, 2.05) is 86.2 Å². The van der Waals surface area contributed by atoms with Crippen LogP contribution in [0.3, 0.4) is 0 Å². The van der Waals surface area contributed by atoms with Crippen LogP contribution in [0.1, 0.15) is 101 Å². The van der Waals surface area contributed by atoms with Gasteiger partial charge in [-0.1, -0.05) is 51.7 Å². The minimum absolute atomic E-state index is 0.0112. The number of aromatic nitrogens is 4. The van der Waals surface area contributed by atoms with E-state index in [1.165, 1.54) is 14.2 Å². The van der Waals surface area contributed by atoms with Crippen molar-refractivity contribution in [1.82, 2.24) is 40.4 Å². The smallest absolute Gasteiger partial charge is 0.407 e. The van der Waals surface area contributed by atoms with Crippen molar-refractivity contribution in [3.63, 3.8) is 0 Å². The van der Waals surface area contributed by atoms with Crippen molar-refractivity contribution in [1.29, 1.82) is 0 Å². The molecule has 2 saturated carbocycles. The SMILES string of the molecule is COC(=O)CN[C@H](C(=O)N1CC2(CC2)C[C@H]1c1ncc(-c2ccc(C#Cc3ccc4nc([C@@H]5CC6(CC6)CN5C(=O)[C@@H](NC(=O)OC)C(C)C)[nH]c4c3)cc2)[nH]1)C(C)C. The highest BCUT2D eigenvalue weighted by Gasteiger charge is 2.56. The molecule has 4 heterocycles. The molecule has 2 aliphatic carbocycles. The molecule has 0 radical (unpaired) electrons. The van der Waals surface area contributed by atoms with Crippen molar-refractivity contribution in [2.45, 2.75) is 90.4 Å². The summed E-state index contributed by atoms with van der Waals surface area (Å²) in [6.45, 7) is 9.11. The van der Waals surface area contributed by atoms with Gasteiger partial charge in [0.1, 0.15) is 17.7 Å². The molecule has 2 aromatic carbocycles. The normalized spacial score (nSPS) is 20.8. The summed E-state index contributed by atoms with van der Waals surface area (Å²) in [6.07, 6.45) is 7.26. The fourth-order valence-electron chi connectivity index (χ4n) is 8.87. The van der Waals surface area contributed by atoms with Gasteiger partial charge in [-0.3, -0.25) is 19.7 Å². The van der Waals surface area contributed by atoms with Crippen molar-refractivity contribution < 1.29 is 28.7 Å². The van der Waals surface area contributed by atoms with Gasteiger partial charge < -0.3 is 34.6 Å². The number of imidazole rings is 2. The van der Waals surface area contributed by atoms with Crippen molar-refractivity contribution in [3.05, 3.63) is 71.4 Å². The molecule has 2 aliphatic heterocycles. The Kier molecular flexibility index (Phi) is 10.8. The fraction of sp³-hybridized carbons (Fsp3) is 0.511. The number of methoxy groups -OCH3 is 2. The number of fused-ring (bicyclic) bond motifs is 1. The molecule has 14 nitrogen and oxygen atoms in total. The maximum Gasteiger partial charge on any atom is 0.407 e. The van der Waals surface area contributed by atoms with Gasteiger partial charge in [-0.2, -0.15) is 0 Å². The third-order valence-corrected chi connectivity index (χ3v) is 12.8. The zero-order valence-electron chi connectivity index (χ0n) is 34.7. The summed E-state index contributed by atoms with van der Waals surface area (Å²) in [5.74, 6) is 7.43. The molecule has 0 bridgehead atoms. The molecule has 59 heavy (non-hydrogen) atoms. The van der Waals surface area contributed by atoms with E-state index < -0.39 is 24.1 Å². The molecule has 2 aromatic heterocycles. The summed E-state index contributed by atoms with van der Waals surface area (Å²) < 4.78 is 9.61. The molecule has 4 aromatic rings. The first-order valence-corrected chi connectivity index (χ1v) is 20.7. The topological polar surface area (TPSA) is 175 Å². The first-order chi connectivity index (χ1) is 28.3. The van der Waals surface area contributed by atoms with E-state index in [4.69, 9.17) is 19.4 Å². The second kappa shape index (κ2) is 15.8. The minimum Gasteiger partial charge on any atom is -0.468 e. The Bertz CT molecular complexity index is 2310. The molecule has 2 saturated heterocycles. The lowest BCUT2D eigenvalue weighted by Gasteiger charge is -2.30. The number of alkyl carbamates (subject to hydrolysis) is 1. The number of likely N-dealkylation sites (tertiary alicyclic amines) is 2. The van der Waals surface area contributed by atoms with Gasteiger partial charge in [-0.15, -0.1) is 0 Å². The van der Waals surface area contributed by atoms with Crippen LogP contribution in [0.2, 0.25) is 0 Å². The van der Waals surface area contributed by atoms with Crippen molar-refractivity contribution in [2.24, 2.45) is 22.7 Å². The highest BCUT2D eigenvalue weighted by Crippen LogP contribution is 2.59. The number of amides is 3. The van der Waals surface area contributed by atoms with E-state index in [2.05, 4.69) is 32.4 Å². The van der Waals surface area contributed by atoms with Gasteiger partial charge in [0.05, 0.1) is 61.8 Å². The number of nitrogens with zero attached hydrogens (tertiary/aromatic N) is 4. The number of carbonyl (C=O) groups is 4. The van der Waals surface area contributed by atoms with E-state index in [9.17, 15) is 19.2 Å². The van der Waals surface area contributed by atoms with E-state index in [-0.39, 0.29) is 53.1 Å². The molecule has 14 heteroatoms. The van der Waals surface area contributed by atoms with Crippen LogP contribution < -0.4 is 10.6 Å². The molecular weight excluding hydrogens is 749 g/mol. The highest BCUT2D eigenvalue weighted by molar-refractivity contribution is 5.87. The van der Waals surface area contributed by atoms with Crippen LogP contribution in [0.25, 0.3) is 22.3 Å². The minimum atomic E-state index is -0.696. The van der Waals surface area contributed by atoms with Crippen molar-refractivity contribution >= 4 is 34.9 Å². The number of rotatable bonds is 11. The maximum atomic E-state index is 13.9. The number of aromatic amines is 2. The molecule has 4 N–H and O–H groups in total. The summed E-state index contributed by atoms with van der Waals surface area (Å²) in [6, 6.07) is 12.3. The standard InChI is InChI=1S/C45H54N8O6/c1-26(2)37(46-23-36(54)58-5)41(55)52-24-44(15-16-44)20-34(52)39-47-22-33(50-39)30-12-9-28(10-13-30)7-8-29-11-14-31-32(19-29)49-40(48-31)35-21-45(17-18-45)25-53(35)42(56)38(27(3)4)51-43(57)59-6/h9-14,19,22,26-27,34-35,37-38,46H,15-18,20-21,23-25H2,1-6H3,(H,47,50)(H,48,49)(H,51,57)/t34-,35-,37-,38-/m0/s1. The third-order valence-electron chi connectivity index (χ3n) is 12.8. The van der Waals surface area contributed by atoms with Crippen LogP contribution in [-0.2, 0) is 23.9 Å². The fourth-order valence-corrected chi connectivity index (χ4v) is 8.87. The van der Waals surface area contributed by atoms with Crippen LogP contribution in [0.4, 0.5) is 4.79 Å². The van der Waals surface area contributed by atoms with Crippen LogP contribution >= 0.6 is 0 Å². The van der Waals surface area contributed by atoms with Crippen molar-refractivity contribution in [3.8, 4) is 23.1 Å². The van der Waals surface area contributed by atoms with Gasteiger partial charge in [0.25, 0.3) is 0 Å². The molecule has 4 fully saturated rings. The molecule has 4 aliphatic rings. The largest absolute Gasteiger partial charge is 0.468 e. The Hall–Kier alpha value is -5.68. The van der Waals surface area contributed by atoms with E-state index in [1.54, 1.807) is 0 Å². The summed E-state index contributed by atoms with van der Waals surface area (Å²) in [5.41, 5.74) is 5.42. The van der Waals surface area contributed by atoms with Crippen LogP contribution in [0.15, 0.2) is 48.7 Å². The summed E-state index contributed by atoms with van der Waals surface area (Å²) >= 11 is 0. The van der Waals surface area contributed by atoms with Gasteiger partial charge in [-0.25, -0.2) is 14.8 Å². The zero-order valence-corrected chi connectivity index (χ0v) is 34.7. The molecule has 0 unspecified atom stereocenters. The number of hydrogen-bond donors (Lipinski definition) is 4. The average molecular weight is 803 g/mol. The van der Waals surface area contributed by atoms with Crippen LogP contribution in [0, 0.1) is 34.5 Å². The van der Waals surface area contributed by atoms with E-state index >= 15 is 0 Å². The quantitative estimate of drug-likeness (QED) is 0.111. The zero-order chi connectivity index (χ0) is 41.6. The number of ether oxygens (including phenoxy) is 2. The Morgan fingerprint density at radius 1 is 0.797 bits per heavy atom. The monoisotopic (exact) mass is 802 g/mol. The van der Waals surface area contributed by atoms with E-state index in [0.29, 0.717) is 13.1 Å². The Labute approximate surface area is 344 Å². The molecule has 8 rings (SSSR count). The van der Waals surface area contributed by atoms with Gasteiger partial charge in [0.2, 0.25) is 11.8 Å². The van der Waals surface area contributed by atoms with Gasteiger partial charge in [-0.05, 0) is 97.1 Å². The van der Waals surface area contributed by atoms with Gasteiger partial charge in [0, 0.05) is 24.2 Å². The molecular formula is C45H54N8O6. The third kappa shape index (κ3) is 8.30. The number of esters is 1. The lowest BCUT2D eigenvalue weighted by atomic mass is 10.0. The van der Waals surface area contributed by atoms with Gasteiger partial charge >= 0.3 is 12.1 Å². The molecule has 310 valence electrons. The van der Waals surface area contributed by atoms with Crippen LogP contribution in [-0.4, -0.2) is 99.6 Å². The predicted molar refractivity (Wildman–Crippen MR) is 220 cm³/mol. The van der Waals surface area contributed by atoms with Crippen molar-refractivity contribution in [2.75, 3.05) is 33.9 Å². The van der Waals surface area contributed by atoms with Gasteiger partial charge in [0.15, 0.2) is 0 Å². The Balaban J connectivity index is 0.951. The lowest BCUT2D eigenvalue weighted by Crippen LogP contribution is -2.51. The number of benzene rings is 2. The second-order valence-electron chi connectivity index (χ2n) is 17.8. The number of nitrogens with one attached hydrogen (secondary N) is 4. The predicted octanol–water partition coefficient (Wildman–Crippen LogP) is 5.63. The highest BCUT2D eigenvalue weighted by atomic mass is 16.5. The maximum absolute atomic E-state index is 13.9. The Morgan fingerprint density at radius 3 is 1.98 bits per heavy atom. The summed E-state index contributed by atoms with van der Waals surface area (Å²) in [7, 11) is 2.64. The number of H-pyrrole nitrogens is 2. The summed E-state index contributed by atoms with van der Waals surface area (Å²) in [5, 5.41) is 5.87. The van der Waals surface area contributed by atoms with E-state index in [0.717, 1.165) is 83.6 Å². The Morgan fingerprint density at radius 2 is 1.39 bits per heavy atom. The first kappa shape index (κ1) is 40.1. The second-order valence-corrected chi connectivity index (χ2v) is 17.8. The molecule has 2 spiro atoms.